The lowest BCUT2D eigenvalue weighted by molar-refractivity contribution is -0.120. The molecule has 1 aromatic heterocycles. The molecule has 1 aromatic carbocycles. The molecule has 0 saturated heterocycles. The molecule has 2 aromatic rings. The van der Waals surface area contributed by atoms with Crippen LogP contribution in [0.15, 0.2) is 41.1 Å². The lowest BCUT2D eigenvalue weighted by atomic mass is 9.89. The minimum absolute atomic E-state index is 0.142. The molecule has 3 rings (SSSR count). The fraction of sp³-hybridized carbons (Fsp3) is 0.412. The Balaban J connectivity index is 1.58. The van der Waals surface area contributed by atoms with Crippen molar-refractivity contribution in [3.63, 3.8) is 0 Å². The SMILES string of the molecule is O=C(Nc1cnn(Cc2ccc(Br)cc2)c1)C1CCCCC1. The number of carbonyl (C=O) groups is 1. The van der Waals surface area contributed by atoms with Gasteiger partial charge in [-0.25, -0.2) is 0 Å². The Labute approximate surface area is 139 Å². The fourth-order valence-electron chi connectivity index (χ4n) is 2.90. The number of halogens is 1. The van der Waals surface area contributed by atoms with Crippen LogP contribution < -0.4 is 5.32 Å². The van der Waals surface area contributed by atoms with Crippen molar-refractivity contribution >= 4 is 27.5 Å². The fourth-order valence-corrected chi connectivity index (χ4v) is 3.16. The van der Waals surface area contributed by atoms with Crippen molar-refractivity contribution in [3.8, 4) is 0 Å². The van der Waals surface area contributed by atoms with E-state index in [0.717, 1.165) is 23.0 Å². The third-order valence-corrected chi connectivity index (χ3v) is 4.66. The Bertz CT molecular complexity index is 630. The molecule has 1 aliphatic rings. The van der Waals surface area contributed by atoms with Gasteiger partial charge >= 0.3 is 0 Å². The Morgan fingerprint density at radius 1 is 1.23 bits per heavy atom. The molecule has 0 bridgehead atoms. The largest absolute Gasteiger partial charge is 0.323 e. The maximum atomic E-state index is 12.2. The normalized spacial score (nSPS) is 15.7. The first-order chi connectivity index (χ1) is 10.7. The number of nitrogens with one attached hydrogen (secondary N) is 1. The number of aromatic nitrogens is 2. The van der Waals surface area contributed by atoms with Crippen LogP contribution in [0.4, 0.5) is 5.69 Å². The standard InChI is InChI=1S/C17H20BrN3O/c18-15-8-6-13(7-9-15)11-21-12-16(10-19-21)20-17(22)14-4-2-1-3-5-14/h6-10,12,14H,1-5,11H2,(H,20,22). The zero-order valence-corrected chi connectivity index (χ0v) is 14.1. The molecule has 1 N–H and O–H groups in total. The summed E-state index contributed by atoms with van der Waals surface area (Å²) in [7, 11) is 0. The number of benzene rings is 1. The number of carbonyl (C=O) groups excluding carboxylic acids is 1. The molecule has 22 heavy (non-hydrogen) atoms. The van der Waals surface area contributed by atoms with Gasteiger partial charge in [0.05, 0.1) is 18.4 Å². The summed E-state index contributed by atoms with van der Waals surface area (Å²) in [4.78, 5) is 12.2. The van der Waals surface area contributed by atoms with E-state index in [1.807, 2.05) is 23.0 Å². The van der Waals surface area contributed by atoms with Crippen molar-refractivity contribution in [3.05, 3.63) is 46.7 Å². The van der Waals surface area contributed by atoms with E-state index in [0.29, 0.717) is 6.54 Å². The van der Waals surface area contributed by atoms with Crippen LogP contribution in [0.1, 0.15) is 37.7 Å². The highest BCUT2D eigenvalue weighted by Gasteiger charge is 2.21. The molecule has 0 unspecified atom stereocenters. The van der Waals surface area contributed by atoms with Gasteiger partial charge in [-0.3, -0.25) is 9.48 Å². The maximum Gasteiger partial charge on any atom is 0.227 e. The minimum Gasteiger partial charge on any atom is -0.323 e. The van der Waals surface area contributed by atoms with E-state index in [-0.39, 0.29) is 11.8 Å². The number of hydrogen-bond donors (Lipinski definition) is 1. The Hall–Kier alpha value is -1.62. The van der Waals surface area contributed by atoms with Crippen LogP contribution in [0.3, 0.4) is 0 Å². The predicted octanol–water partition coefficient (Wildman–Crippen LogP) is 4.21. The Morgan fingerprint density at radius 3 is 2.68 bits per heavy atom. The Morgan fingerprint density at radius 2 is 1.95 bits per heavy atom. The van der Waals surface area contributed by atoms with Crippen LogP contribution in [0.2, 0.25) is 0 Å². The van der Waals surface area contributed by atoms with Crippen molar-refractivity contribution in [1.29, 1.82) is 0 Å². The number of nitrogens with zero attached hydrogens (tertiary/aromatic N) is 2. The van der Waals surface area contributed by atoms with Gasteiger partial charge in [-0.2, -0.15) is 5.10 Å². The number of anilines is 1. The van der Waals surface area contributed by atoms with Gasteiger partial charge in [0.25, 0.3) is 0 Å². The van der Waals surface area contributed by atoms with Crippen LogP contribution in [0.5, 0.6) is 0 Å². The molecule has 0 radical (unpaired) electrons. The van der Waals surface area contributed by atoms with E-state index < -0.39 is 0 Å². The molecule has 116 valence electrons. The monoisotopic (exact) mass is 361 g/mol. The van der Waals surface area contributed by atoms with Crippen molar-refractivity contribution in [2.75, 3.05) is 5.32 Å². The summed E-state index contributed by atoms with van der Waals surface area (Å²) in [5.41, 5.74) is 1.96. The number of hydrogen-bond acceptors (Lipinski definition) is 2. The van der Waals surface area contributed by atoms with E-state index >= 15 is 0 Å². The molecular formula is C17H20BrN3O. The third kappa shape index (κ3) is 3.97. The van der Waals surface area contributed by atoms with Gasteiger partial charge in [0.15, 0.2) is 0 Å². The van der Waals surface area contributed by atoms with Gasteiger partial charge in [-0.05, 0) is 30.5 Å². The second-order valence-corrected chi connectivity index (χ2v) is 6.79. The lowest BCUT2D eigenvalue weighted by Gasteiger charge is -2.20. The maximum absolute atomic E-state index is 12.2. The van der Waals surface area contributed by atoms with Crippen LogP contribution in [-0.2, 0) is 11.3 Å². The van der Waals surface area contributed by atoms with Crippen molar-refractivity contribution in [2.24, 2.45) is 5.92 Å². The van der Waals surface area contributed by atoms with Gasteiger partial charge in [0.1, 0.15) is 0 Å². The zero-order chi connectivity index (χ0) is 15.4. The van der Waals surface area contributed by atoms with E-state index in [2.05, 4.69) is 38.5 Å². The molecule has 1 amide bonds. The van der Waals surface area contributed by atoms with Gasteiger partial charge in [-0.15, -0.1) is 0 Å². The van der Waals surface area contributed by atoms with Crippen LogP contribution in [0.25, 0.3) is 0 Å². The quantitative estimate of drug-likeness (QED) is 0.886. The second kappa shape index (κ2) is 7.09. The molecule has 0 aliphatic heterocycles. The molecule has 0 spiro atoms. The smallest absolute Gasteiger partial charge is 0.227 e. The van der Waals surface area contributed by atoms with Gasteiger partial charge in [0.2, 0.25) is 5.91 Å². The summed E-state index contributed by atoms with van der Waals surface area (Å²) in [6, 6.07) is 8.16. The van der Waals surface area contributed by atoms with Crippen LogP contribution in [0, 0.1) is 5.92 Å². The summed E-state index contributed by atoms with van der Waals surface area (Å²) in [5, 5.41) is 7.32. The van der Waals surface area contributed by atoms with Crippen LogP contribution >= 0.6 is 15.9 Å². The molecule has 1 aliphatic carbocycles. The zero-order valence-electron chi connectivity index (χ0n) is 12.5. The molecule has 1 fully saturated rings. The minimum atomic E-state index is 0.142. The highest BCUT2D eigenvalue weighted by Crippen LogP contribution is 2.24. The van der Waals surface area contributed by atoms with Crippen molar-refractivity contribution < 1.29 is 4.79 Å². The van der Waals surface area contributed by atoms with Crippen molar-refractivity contribution in [2.45, 2.75) is 38.6 Å². The molecule has 5 heteroatoms. The highest BCUT2D eigenvalue weighted by molar-refractivity contribution is 9.10. The predicted molar refractivity (Wildman–Crippen MR) is 90.7 cm³/mol. The van der Waals surface area contributed by atoms with Gasteiger partial charge < -0.3 is 5.32 Å². The molecule has 1 heterocycles. The summed E-state index contributed by atoms with van der Waals surface area (Å²) in [6.45, 7) is 0.701. The van der Waals surface area contributed by atoms with Crippen LogP contribution in [-0.4, -0.2) is 15.7 Å². The summed E-state index contributed by atoms with van der Waals surface area (Å²) >= 11 is 3.43. The summed E-state index contributed by atoms with van der Waals surface area (Å²) in [6.07, 6.45) is 9.23. The average Bonchev–Trinajstić information content (AvgIpc) is 2.97. The first-order valence-corrected chi connectivity index (χ1v) is 8.58. The molecular weight excluding hydrogens is 342 g/mol. The van der Waals surface area contributed by atoms with E-state index in [4.69, 9.17) is 0 Å². The van der Waals surface area contributed by atoms with Crippen molar-refractivity contribution in [1.82, 2.24) is 9.78 Å². The van der Waals surface area contributed by atoms with E-state index in [1.54, 1.807) is 6.20 Å². The van der Waals surface area contributed by atoms with Gasteiger partial charge in [0, 0.05) is 16.6 Å². The number of rotatable bonds is 4. The Kier molecular flexibility index (Phi) is 4.93. The molecule has 0 atom stereocenters. The number of amides is 1. The topological polar surface area (TPSA) is 46.9 Å². The first-order valence-electron chi connectivity index (χ1n) is 7.78. The average molecular weight is 362 g/mol. The molecule has 1 saturated carbocycles. The molecule has 4 nitrogen and oxygen atoms in total. The van der Waals surface area contributed by atoms with E-state index in [9.17, 15) is 4.79 Å². The highest BCUT2D eigenvalue weighted by atomic mass is 79.9. The van der Waals surface area contributed by atoms with E-state index in [1.165, 1.54) is 24.8 Å². The second-order valence-electron chi connectivity index (χ2n) is 5.88. The summed E-state index contributed by atoms with van der Waals surface area (Å²) in [5.74, 6) is 0.312. The first kappa shape index (κ1) is 15.3. The third-order valence-electron chi connectivity index (χ3n) is 4.13. The summed E-state index contributed by atoms with van der Waals surface area (Å²) < 4.78 is 2.91. The lowest BCUT2D eigenvalue weighted by Crippen LogP contribution is -2.24. The van der Waals surface area contributed by atoms with Gasteiger partial charge in [-0.1, -0.05) is 47.3 Å².